The van der Waals surface area contributed by atoms with Gasteiger partial charge in [0, 0.05) is 32.6 Å². The van der Waals surface area contributed by atoms with E-state index in [1.165, 1.54) is 22.5 Å². The number of benzene rings is 2. The maximum absolute atomic E-state index is 13.7. The molecule has 1 saturated heterocycles. The molecule has 0 atom stereocenters. The van der Waals surface area contributed by atoms with Crippen LogP contribution in [0, 0.1) is 12.7 Å². The van der Waals surface area contributed by atoms with Crippen molar-refractivity contribution in [3.8, 4) is 5.75 Å². The average molecular weight is 406 g/mol. The smallest absolute Gasteiger partial charge is 0.246 e. The largest absolute Gasteiger partial charge is 0.507 e. The molecule has 3 rings (SSSR count). The van der Waals surface area contributed by atoms with Crippen molar-refractivity contribution < 1.29 is 22.7 Å². The van der Waals surface area contributed by atoms with Gasteiger partial charge in [-0.05, 0) is 42.7 Å². The first-order chi connectivity index (χ1) is 13.3. The molecule has 0 bridgehead atoms. The third-order valence-corrected chi connectivity index (χ3v) is 6.82. The van der Waals surface area contributed by atoms with Gasteiger partial charge in [0.2, 0.25) is 15.9 Å². The molecule has 2 aromatic carbocycles. The molecule has 0 aliphatic carbocycles. The Morgan fingerprint density at radius 3 is 2.46 bits per heavy atom. The van der Waals surface area contributed by atoms with E-state index in [2.05, 4.69) is 0 Å². The Bertz CT molecular complexity index is 970. The molecule has 1 N–H and O–H groups in total. The minimum atomic E-state index is -3.83. The van der Waals surface area contributed by atoms with E-state index in [4.69, 9.17) is 0 Å². The van der Waals surface area contributed by atoms with Crippen LogP contribution in [0.4, 0.5) is 4.39 Å². The second-order valence-corrected chi connectivity index (χ2v) is 8.75. The van der Waals surface area contributed by atoms with Crippen LogP contribution >= 0.6 is 0 Å². The maximum Gasteiger partial charge on any atom is 0.246 e. The molecule has 0 aromatic heterocycles. The molecular weight excluding hydrogens is 383 g/mol. The van der Waals surface area contributed by atoms with Gasteiger partial charge in [0.05, 0.1) is 0 Å². The van der Waals surface area contributed by atoms with Crippen molar-refractivity contribution in [1.82, 2.24) is 9.21 Å². The lowest BCUT2D eigenvalue weighted by Gasteiger charge is -2.34. The van der Waals surface area contributed by atoms with Gasteiger partial charge in [0.15, 0.2) is 0 Å². The van der Waals surface area contributed by atoms with Crippen molar-refractivity contribution in [1.29, 1.82) is 0 Å². The third kappa shape index (κ3) is 4.34. The average Bonchev–Trinajstić information content (AvgIpc) is 2.69. The van der Waals surface area contributed by atoms with Gasteiger partial charge in [-0.25, -0.2) is 12.8 Å². The van der Waals surface area contributed by atoms with Crippen LogP contribution in [-0.4, -0.2) is 54.8 Å². The number of phenolic OH excluding ortho intramolecular Hbond substituents is 1. The number of amides is 1. The molecule has 0 radical (unpaired) electrons. The van der Waals surface area contributed by atoms with Gasteiger partial charge in [-0.1, -0.05) is 24.3 Å². The van der Waals surface area contributed by atoms with E-state index < -0.39 is 10.0 Å². The number of sulfonamides is 1. The molecule has 1 heterocycles. The fourth-order valence-corrected chi connectivity index (χ4v) is 4.84. The van der Waals surface area contributed by atoms with E-state index >= 15 is 0 Å². The van der Waals surface area contributed by atoms with Crippen LogP contribution < -0.4 is 0 Å². The van der Waals surface area contributed by atoms with E-state index in [0.717, 1.165) is 5.56 Å². The first-order valence-corrected chi connectivity index (χ1v) is 10.5. The van der Waals surface area contributed by atoms with E-state index in [1.54, 1.807) is 36.1 Å². The third-order valence-electron chi connectivity index (χ3n) is 4.89. The fourth-order valence-electron chi connectivity index (χ4n) is 3.25. The highest BCUT2D eigenvalue weighted by Gasteiger charge is 2.31. The maximum atomic E-state index is 13.7. The van der Waals surface area contributed by atoms with Gasteiger partial charge in [-0.3, -0.25) is 4.79 Å². The number of phenols is 1. The number of carbonyl (C=O) groups is 1. The zero-order valence-corrected chi connectivity index (χ0v) is 16.5. The van der Waals surface area contributed by atoms with Crippen molar-refractivity contribution in [3.63, 3.8) is 0 Å². The summed E-state index contributed by atoms with van der Waals surface area (Å²) in [6.45, 7) is 2.59. The van der Waals surface area contributed by atoms with Crippen molar-refractivity contribution in [3.05, 3.63) is 59.4 Å². The van der Waals surface area contributed by atoms with Crippen LogP contribution in [0.3, 0.4) is 0 Å². The number of halogens is 1. The molecule has 150 valence electrons. The number of nitrogens with zero attached hydrogens (tertiary/aromatic N) is 2. The Balaban J connectivity index is 1.60. The minimum Gasteiger partial charge on any atom is -0.507 e. The van der Waals surface area contributed by atoms with Crippen LogP contribution in [-0.2, 0) is 21.2 Å². The van der Waals surface area contributed by atoms with Crippen molar-refractivity contribution in [2.24, 2.45) is 0 Å². The molecule has 1 fully saturated rings. The van der Waals surface area contributed by atoms with Crippen molar-refractivity contribution in [2.45, 2.75) is 24.7 Å². The normalized spacial score (nSPS) is 15.6. The Morgan fingerprint density at radius 1 is 1.11 bits per heavy atom. The van der Waals surface area contributed by atoms with Gasteiger partial charge >= 0.3 is 0 Å². The molecule has 8 heteroatoms. The number of hydrogen-bond donors (Lipinski definition) is 1. The Labute approximate surface area is 164 Å². The molecule has 1 amide bonds. The summed E-state index contributed by atoms with van der Waals surface area (Å²) in [7, 11) is -3.83. The van der Waals surface area contributed by atoms with Crippen molar-refractivity contribution >= 4 is 15.9 Å². The monoisotopic (exact) mass is 406 g/mol. The van der Waals surface area contributed by atoms with E-state index in [1.807, 2.05) is 0 Å². The van der Waals surface area contributed by atoms with Crippen LogP contribution in [0.25, 0.3) is 0 Å². The number of aryl methyl sites for hydroxylation is 2. The predicted octanol–water partition coefficient (Wildman–Crippen LogP) is 2.31. The van der Waals surface area contributed by atoms with Crippen LogP contribution in [0.2, 0.25) is 0 Å². The first kappa shape index (κ1) is 20.3. The molecule has 1 aliphatic heterocycles. The fraction of sp³-hybridized carbons (Fsp3) is 0.350. The summed E-state index contributed by atoms with van der Waals surface area (Å²) in [6.07, 6.45) is 0.480. The number of piperazine rings is 1. The van der Waals surface area contributed by atoms with E-state index in [0.29, 0.717) is 12.0 Å². The predicted molar refractivity (Wildman–Crippen MR) is 103 cm³/mol. The Morgan fingerprint density at radius 2 is 1.79 bits per heavy atom. The van der Waals surface area contributed by atoms with E-state index in [-0.39, 0.29) is 55.0 Å². The highest BCUT2D eigenvalue weighted by molar-refractivity contribution is 7.89. The highest BCUT2D eigenvalue weighted by atomic mass is 32.2. The molecule has 1 aliphatic rings. The summed E-state index contributed by atoms with van der Waals surface area (Å²) >= 11 is 0. The summed E-state index contributed by atoms with van der Waals surface area (Å²) in [5, 5.41) is 9.94. The summed E-state index contributed by atoms with van der Waals surface area (Å²) in [4.78, 5) is 13.9. The molecule has 28 heavy (non-hydrogen) atoms. The van der Waals surface area contributed by atoms with E-state index in [9.17, 15) is 22.7 Å². The highest BCUT2D eigenvalue weighted by Crippen LogP contribution is 2.27. The quantitative estimate of drug-likeness (QED) is 0.827. The molecule has 6 nitrogen and oxygen atoms in total. The standard InChI is InChI=1S/C20H23FN2O4S/c1-15-6-8-18(24)19(14-15)28(26,27)23-12-10-22(11-13-23)20(25)9-7-16-4-2-3-5-17(16)21/h2-6,8,14,24H,7,9-13H2,1H3. The summed E-state index contributed by atoms with van der Waals surface area (Å²) in [5.74, 6) is -0.739. The Kier molecular flexibility index (Phi) is 6.00. The number of aromatic hydroxyl groups is 1. The molecule has 0 spiro atoms. The number of rotatable bonds is 5. The Hall–Kier alpha value is -2.45. The van der Waals surface area contributed by atoms with Gasteiger partial charge < -0.3 is 10.0 Å². The SMILES string of the molecule is Cc1ccc(O)c(S(=O)(=O)N2CCN(C(=O)CCc3ccccc3F)CC2)c1. The molecule has 2 aromatic rings. The second-order valence-electron chi connectivity index (χ2n) is 6.85. The lowest BCUT2D eigenvalue weighted by atomic mass is 10.1. The van der Waals surface area contributed by atoms with Gasteiger partial charge in [0.1, 0.15) is 16.5 Å². The summed E-state index contributed by atoms with van der Waals surface area (Å²) < 4.78 is 40.6. The van der Waals surface area contributed by atoms with Crippen LogP contribution in [0.1, 0.15) is 17.5 Å². The number of hydrogen-bond acceptors (Lipinski definition) is 4. The topological polar surface area (TPSA) is 77.9 Å². The summed E-state index contributed by atoms with van der Waals surface area (Å²) in [6, 6.07) is 10.8. The first-order valence-electron chi connectivity index (χ1n) is 9.10. The lowest BCUT2D eigenvalue weighted by Crippen LogP contribution is -2.50. The van der Waals surface area contributed by atoms with Gasteiger partial charge in [-0.15, -0.1) is 0 Å². The zero-order valence-electron chi connectivity index (χ0n) is 15.6. The van der Waals surface area contributed by atoms with Gasteiger partial charge in [0.25, 0.3) is 0 Å². The van der Waals surface area contributed by atoms with Crippen LogP contribution in [0.5, 0.6) is 5.75 Å². The lowest BCUT2D eigenvalue weighted by molar-refractivity contribution is -0.132. The van der Waals surface area contributed by atoms with Crippen LogP contribution in [0.15, 0.2) is 47.4 Å². The van der Waals surface area contributed by atoms with Crippen molar-refractivity contribution in [2.75, 3.05) is 26.2 Å². The minimum absolute atomic E-state index is 0.119. The molecule has 0 unspecified atom stereocenters. The molecule has 0 saturated carbocycles. The zero-order chi connectivity index (χ0) is 20.3. The van der Waals surface area contributed by atoms with Gasteiger partial charge in [-0.2, -0.15) is 4.31 Å². The molecular formula is C20H23FN2O4S. The summed E-state index contributed by atoms with van der Waals surface area (Å²) in [5.41, 5.74) is 1.23. The second kappa shape index (κ2) is 8.28. The number of carbonyl (C=O) groups excluding carboxylic acids is 1.